The largest absolute Gasteiger partial charge is 0.455 e. The molecule has 1 unspecified atom stereocenters. The number of nitrogens with zero attached hydrogens (tertiary/aromatic N) is 3. The molecule has 0 N–H and O–H groups in total. The second-order valence-corrected chi connectivity index (χ2v) is 10.3. The molecule has 9 nitrogen and oxygen atoms in total. The molecular weight excluding hydrogens is 446 g/mol. The first-order valence-electron chi connectivity index (χ1n) is 11.0. The first kappa shape index (κ1) is 24.9. The van der Waals surface area contributed by atoms with E-state index in [1.165, 1.54) is 14.8 Å². The number of hydrogen-bond acceptors (Lipinski definition) is 7. The Hall–Kier alpha value is -2.72. The van der Waals surface area contributed by atoms with E-state index < -0.39 is 21.9 Å². The molecule has 1 fully saturated rings. The summed E-state index contributed by atoms with van der Waals surface area (Å²) in [5.41, 5.74) is 2.50. The fraction of sp³-hybridized carbons (Fsp3) is 0.522. The summed E-state index contributed by atoms with van der Waals surface area (Å²) in [4.78, 5) is 26.6. The zero-order valence-corrected chi connectivity index (χ0v) is 20.4. The molecule has 1 aromatic carbocycles. The second-order valence-electron chi connectivity index (χ2n) is 8.38. The van der Waals surface area contributed by atoms with Gasteiger partial charge in [0, 0.05) is 26.7 Å². The van der Waals surface area contributed by atoms with Crippen LogP contribution in [0.15, 0.2) is 33.7 Å². The molecule has 0 aliphatic carbocycles. The molecule has 180 valence electrons. The van der Waals surface area contributed by atoms with Gasteiger partial charge < -0.3 is 14.2 Å². The summed E-state index contributed by atoms with van der Waals surface area (Å²) in [6.45, 7) is 5.52. The van der Waals surface area contributed by atoms with Gasteiger partial charge in [-0.1, -0.05) is 36.3 Å². The number of carbonyl (C=O) groups excluding carboxylic acids is 2. The van der Waals surface area contributed by atoms with Gasteiger partial charge in [0.1, 0.15) is 10.6 Å². The molecule has 1 aromatic heterocycles. The van der Waals surface area contributed by atoms with Crippen LogP contribution in [-0.2, 0) is 37.3 Å². The van der Waals surface area contributed by atoms with Crippen LogP contribution >= 0.6 is 0 Å². The zero-order valence-electron chi connectivity index (χ0n) is 19.5. The SMILES string of the molecule is CCc1ccc(CN(C)C(=O)COC(=O)C2CCCN(S(=O)(=O)c3c(C)noc3C)C2)cc1. The Bertz CT molecular complexity index is 1070. The number of aromatic nitrogens is 1. The third kappa shape index (κ3) is 5.80. The fourth-order valence-corrected chi connectivity index (χ4v) is 5.74. The number of hydrogen-bond donors (Lipinski definition) is 0. The summed E-state index contributed by atoms with van der Waals surface area (Å²) in [6, 6.07) is 8.01. The molecule has 33 heavy (non-hydrogen) atoms. The van der Waals surface area contributed by atoms with Crippen molar-refractivity contribution in [3.05, 3.63) is 46.8 Å². The van der Waals surface area contributed by atoms with E-state index in [1.54, 1.807) is 20.9 Å². The summed E-state index contributed by atoms with van der Waals surface area (Å²) in [5.74, 6) is -1.30. The monoisotopic (exact) mass is 477 g/mol. The number of esters is 1. The van der Waals surface area contributed by atoms with Crippen LogP contribution in [-0.4, -0.2) is 61.4 Å². The van der Waals surface area contributed by atoms with E-state index >= 15 is 0 Å². The maximum atomic E-state index is 13.0. The van der Waals surface area contributed by atoms with Crippen LogP contribution in [0.25, 0.3) is 0 Å². The van der Waals surface area contributed by atoms with Crippen LogP contribution in [0.1, 0.15) is 42.3 Å². The minimum Gasteiger partial charge on any atom is -0.455 e. The number of carbonyl (C=O) groups is 2. The lowest BCUT2D eigenvalue weighted by Crippen LogP contribution is -2.43. The van der Waals surface area contributed by atoms with Gasteiger partial charge in [-0.15, -0.1) is 0 Å². The Morgan fingerprint density at radius 2 is 1.88 bits per heavy atom. The van der Waals surface area contributed by atoms with E-state index in [0.717, 1.165) is 12.0 Å². The van der Waals surface area contributed by atoms with E-state index in [0.29, 0.717) is 25.9 Å². The van der Waals surface area contributed by atoms with Gasteiger partial charge >= 0.3 is 5.97 Å². The average Bonchev–Trinajstić information content (AvgIpc) is 3.16. The Kier molecular flexibility index (Phi) is 7.91. The van der Waals surface area contributed by atoms with Gasteiger partial charge in [-0.3, -0.25) is 9.59 Å². The van der Waals surface area contributed by atoms with E-state index in [9.17, 15) is 18.0 Å². The molecule has 0 saturated carbocycles. The molecule has 10 heteroatoms. The lowest BCUT2D eigenvalue weighted by molar-refractivity contribution is -0.156. The number of benzene rings is 1. The summed E-state index contributed by atoms with van der Waals surface area (Å²) < 4.78 is 37.6. The molecule has 1 aliphatic heterocycles. The van der Waals surface area contributed by atoms with Gasteiger partial charge in [0.05, 0.1) is 5.92 Å². The zero-order chi connectivity index (χ0) is 24.2. The van der Waals surface area contributed by atoms with Crippen LogP contribution in [0, 0.1) is 19.8 Å². The Labute approximate surface area is 194 Å². The van der Waals surface area contributed by atoms with E-state index in [1.807, 2.05) is 24.3 Å². The van der Waals surface area contributed by atoms with Gasteiger partial charge in [-0.25, -0.2) is 8.42 Å². The number of amides is 1. The second kappa shape index (κ2) is 10.5. The van der Waals surface area contributed by atoms with Crippen molar-refractivity contribution < 1.29 is 27.3 Å². The number of sulfonamides is 1. The van der Waals surface area contributed by atoms with Crippen molar-refractivity contribution in [2.75, 3.05) is 26.7 Å². The highest BCUT2D eigenvalue weighted by Crippen LogP contribution is 2.28. The fourth-order valence-electron chi connectivity index (χ4n) is 3.93. The predicted molar refractivity (Wildman–Crippen MR) is 121 cm³/mol. The van der Waals surface area contributed by atoms with Gasteiger partial charge in [0.15, 0.2) is 12.4 Å². The van der Waals surface area contributed by atoms with E-state index in [-0.39, 0.29) is 35.4 Å². The molecule has 1 amide bonds. The van der Waals surface area contributed by atoms with Gasteiger partial charge in [-0.2, -0.15) is 4.31 Å². The van der Waals surface area contributed by atoms with Crippen LogP contribution in [0.5, 0.6) is 0 Å². The Morgan fingerprint density at radius 1 is 1.21 bits per heavy atom. The standard InChI is InChI=1S/C23H31N3O6S/c1-5-18-8-10-19(11-9-18)13-25(4)21(27)15-31-23(28)20-7-6-12-26(14-20)33(29,30)22-16(2)24-32-17(22)3/h8-11,20H,5-7,12-15H2,1-4H3. The van der Waals surface area contributed by atoms with Crippen molar-refractivity contribution in [3.63, 3.8) is 0 Å². The van der Waals surface area contributed by atoms with Crippen molar-refractivity contribution in [3.8, 4) is 0 Å². The summed E-state index contributed by atoms with van der Waals surface area (Å²) in [7, 11) is -2.18. The summed E-state index contributed by atoms with van der Waals surface area (Å²) in [5, 5.41) is 3.72. The molecule has 0 bridgehead atoms. The molecule has 3 rings (SSSR count). The van der Waals surface area contributed by atoms with E-state index in [4.69, 9.17) is 9.26 Å². The minimum atomic E-state index is -3.84. The lowest BCUT2D eigenvalue weighted by Gasteiger charge is -2.30. The normalized spacial score (nSPS) is 17.0. The van der Waals surface area contributed by atoms with Crippen LogP contribution in [0.2, 0.25) is 0 Å². The highest BCUT2D eigenvalue weighted by atomic mass is 32.2. The van der Waals surface area contributed by atoms with Gasteiger partial charge in [0.25, 0.3) is 5.91 Å². The molecule has 2 aromatic rings. The van der Waals surface area contributed by atoms with Crippen molar-refractivity contribution in [1.29, 1.82) is 0 Å². The van der Waals surface area contributed by atoms with Crippen molar-refractivity contribution in [2.45, 2.75) is 51.5 Å². The number of aryl methyl sites for hydroxylation is 3. The molecule has 1 aliphatic rings. The Balaban J connectivity index is 1.55. The third-order valence-corrected chi connectivity index (χ3v) is 8.01. The minimum absolute atomic E-state index is 0.000959. The lowest BCUT2D eigenvalue weighted by atomic mass is 10.00. The van der Waals surface area contributed by atoms with Gasteiger partial charge in [0.2, 0.25) is 10.0 Å². The van der Waals surface area contributed by atoms with Crippen molar-refractivity contribution >= 4 is 21.9 Å². The molecule has 0 spiro atoms. The topological polar surface area (TPSA) is 110 Å². The van der Waals surface area contributed by atoms with Crippen molar-refractivity contribution in [2.24, 2.45) is 5.92 Å². The van der Waals surface area contributed by atoms with Crippen LogP contribution < -0.4 is 0 Å². The van der Waals surface area contributed by atoms with Crippen LogP contribution in [0.4, 0.5) is 0 Å². The van der Waals surface area contributed by atoms with Crippen molar-refractivity contribution in [1.82, 2.24) is 14.4 Å². The highest BCUT2D eigenvalue weighted by molar-refractivity contribution is 7.89. The first-order chi connectivity index (χ1) is 15.6. The third-order valence-electron chi connectivity index (χ3n) is 5.90. The Morgan fingerprint density at radius 3 is 2.48 bits per heavy atom. The summed E-state index contributed by atoms with van der Waals surface area (Å²) >= 11 is 0. The first-order valence-corrected chi connectivity index (χ1v) is 12.5. The quantitative estimate of drug-likeness (QED) is 0.537. The molecule has 0 radical (unpaired) electrons. The van der Waals surface area contributed by atoms with Gasteiger partial charge in [-0.05, 0) is 44.2 Å². The number of ether oxygens (including phenoxy) is 1. The molecule has 1 atom stereocenters. The highest BCUT2D eigenvalue weighted by Gasteiger charge is 2.37. The molecular formula is C23H31N3O6S. The van der Waals surface area contributed by atoms with E-state index in [2.05, 4.69) is 12.1 Å². The van der Waals surface area contributed by atoms with Crippen LogP contribution in [0.3, 0.4) is 0 Å². The number of rotatable bonds is 8. The number of piperidine rings is 1. The molecule has 1 saturated heterocycles. The molecule has 2 heterocycles. The smallest absolute Gasteiger partial charge is 0.310 e. The average molecular weight is 478 g/mol. The maximum Gasteiger partial charge on any atom is 0.310 e. The maximum absolute atomic E-state index is 13.0. The predicted octanol–water partition coefficient (Wildman–Crippen LogP) is 2.46. The summed E-state index contributed by atoms with van der Waals surface area (Å²) in [6.07, 6.45) is 1.97. The number of likely N-dealkylation sites (N-methyl/N-ethyl adjacent to an activating group) is 1.